The van der Waals surface area contributed by atoms with Crippen LogP contribution in [0.5, 0.6) is 0 Å². The molecule has 5 heteroatoms. The monoisotopic (exact) mass is 737 g/mol. The van der Waals surface area contributed by atoms with Gasteiger partial charge in [-0.3, -0.25) is 0 Å². The Hall–Kier alpha value is -3.63. The SMILES string of the molecule is Cc1c[c-]c(-c2cc(C)c(C)cn2)cc1.[2H]C([2H])([2H])c1cnc(-c2[c-]ccc3c2oc2ccc4sc(C)cc4c23)cc1C([2H])([2H])[2H].[Ir]. The summed E-state index contributed by atoms with van der Waals surface area (Å²) in [7, 11) is 0. The van der Waals surface area contributed by atoms with E-state index in [0.29, 0.717) is 16.8 Å². The fourth-order valence-electron chi connectivity index (χ4n) is 4.69. The average Bonchev–Trinajstić information content (AvgIpc) is 3.57. The number of thiophene rings is 1. The molecule has 4 aromatic heterocycles. The number of rotatable bonds is 2. The Kier molecular flexibility index (Phi) is 6.28. The first kappa shape index (κ1) is 22.0. The van der Waals surface area contributed by atoms with E-state index in [1.807, 2.05) is 30.5 Å². The molecule has 0 atom stereocenters. The van der Waals surface area contributed by atoms with Crippen LogP contribution in [0.25, 0.3) is 54.5 Å². The van der Waals surface area contributed by atoms with Gasteiger partial charge in [0, 0.05) is 61.1 Å². The fraction of sp³-hybridized carbons (Fsp3) is 0.167. The Morgan fingerprint density at radius 1 is 0.780 bits per heavy atom. The van der Waals surface area contributed by atoms with E-state index in [-0.39, 0.29) is 31.2 Å². The first-order valence-corrected chi connectivity index (χ1v) is 13.7. The van der Waals surface area contributed by atoms with Crippen LogP contribution in [-0.4, -0.2) is 9.97 Å². The van der Waals surface area contributed by atoms with Gasteiger partial charge in [0.15, 0.2) is 0 Å². The van der Waals surface area contributed by atoms with Crippen LogP contribution in [0, 0.1) is 53.5 Å². The minimum atomic E-state index is -2.59. The van der Waals surface area contributed by atoms with E-state index in [4.69, 9.17) is 12.6 Å². The van der Waals surface area contributed by atoms with Gasteiger partial charge >= 0.3 is 0 Å². The molecule has 0 amide bonds. The molecule has 4 heterocycles. The van der Waals surface area contributed by atoms with Crippen molar-refractivity contribution < 1.29 is 32.7 Å². The van der Waals surface area contributed by atoms with Crippen molar-refractivity contribution >= 4 is 43.4 Å². The molecule has 3 aromatic carbocycles. The van der Waals surface area contributed by atoms with E-state index >= 15 is 0 Å². The smallest absolute Gasteiger partial charge is 0.121 e. The van der Waals surface area contributed by atoms with Gasteiger partial charge in [-0.15, -0.1) is 64.9 Å². The Labute approximate surface area is 267 Å². The molecule has 0 bridgehead atoms. The van der Waals surface area contributed by atoms with Crippen molar-refractivity contribution in [3.63, 3.8) is 0 Å². The summed E-state index contributed by atoms with van der Waals surface area (Å²) >= 11 is 1.71. The largest absolute Gasteiger partial charge is 0.501 e. The molecule has 0 saturated carbocycles. The molecule has 0 saturated heterocycles. The zero-order valence-corrected chi connectivity index (χ0v) is 26.2. The summed E-state index contributed by atoms with van der Waals surface area (Å²) in [4.78, 5) is 9.88. The van der Waals surface area contributed by atoms with Crippen molar-refractivity contribution in [3.05, 3.63) is 118 Å². The second kappa shape index (κ2) is 11.7. The fourth-order valence-corrected chi connectivity index (χ4v) is 5.63. The molecule has 0 aliphatic carbocycles. The Morgan fingerprint density at radius 3 is 2.32 bits per heavy atom. The number of nitrogens with zero attached hydrogens (tertiary/aromatic N) is 2. The number of furan rings is 1. The van der Waals surface area contributed by atoms with Crippen LogP contribution in [0.1, 0.15) is 40.9 Å². The number of pyridine rings is 2. The van der Waals surface area contributed by atoms with Gasteiger partial charge in [-0.05, 0) is 75.2 Å². The summed E-state index contributed by atoms with van der Waals surface area (Å²) in [5, 5.41) is 2.97. The Balaban J connectivity index is 0.000000228. The number of fused-ring (bicyclic) bond motifs is 5. The first-order chi connectivity index (χ1) is 21.7. The Bertz CT molecular complexity index is 2230. The quantitative estimate of drug-likeness (QED) is 0.166. The molecule has 0 spiro atoms. The van der Waals surface area contributed by atoms with Crippen molar-refractivity contribution in [2.75, 3.05) is 0 Å². The normalized spacial score (nSPS) is 13.8. The van der Waals surface area contributed by atoms with Gasteiger partial charge in [-0.25, -0.2) is 0 Å². The predicted octanol–water partition coefficient (Wildman–Crippen LogP) is 10.1. The van der Waals surface area contributed by atoms with Gasteiger partial charge in [-0.1, -0.05) is 41.1 Å². The molecule has 3 nitrogen and oxygen atoms in total. The first-order valence-electron chi connectivity index (χ1n) is 15.9. The second-order valence-electron chi connectivity index (χ2n) is 9.95. The molecule has 0 N–H and O–H groups in total. The van der Waals surface area contributed by atoms with Gasteiger partial charge in [0.25, 0.3) is 0 Å². The maximum Gasteiger partial charge on any atom is 0.121 e. The number of hydrogen-bond acceptors (Lipinski definition) is 4. The van der Waals surface area contributed by atoms with Crippen molar-refractivity contribution in [3.8, 4) is 22.5 Å². The van der Waals surface area contributed by atoms with Gasteiger partial charge in [0.05, 0.1) is 5.58 Å². The second-order valence-corrected chi connectivity index (χ2v) is 11.2. The van der Waals surface area contributed by atoms with Gasteiger partial charge < -0.3 is 14.4 Å². The molecule has 0 aliphatic heterocycles. The number of aromatic nitrogens is 2. The molecule has 7 rings (SSSR count). The summed E-state index contributed by atoms with van der Waals surface area (Å²) in [6.07, 6.45) is 3.04. The summed E-state index contributed by atoms with van der Waals surface area (Å²) < 4.78 is 53.8. The molecule has 0 unspecified atom stereocenters. The molecule has 41 heavy (non-hydrogen) atoms. The average molecular weight is 737 g/mol. The Morgan fingerprint density at radius 2 is 1.56 bits per heavy atom. The summed E-state index contributed by atoms with van der Waals surface area (Å²) in [5.41, 5.74) is 7.33. The number of benzene rings is 3. The zero-order chi connectivity index (χ0) is 33.0. The standard InChI is InChI=1S/C22H16NOS.C14H14N.Ir/c1-12-9-18(23-11-13(12)2)15-5-4-6-16-21-17-10-14(3)25-20(17)8-7-19(21)24-22(15)16;1-10-4-6-13(7-5-10)14-8-11(2)12(3)9-15-14;/h4,6-11H,1-3H3;4-6,8-9H,1-3H3;/q2*-1;/i1D3,2D3;;. The molecule has 207 valence electrons. The van der Waals surface area contributed by atoms with Gasteiger partial charge in [0.1, 0.15) is 5.58 Å². The van der Waals surface area contributed by atoms with E-state index in [1.165, 1.54) is 27.6 Å². The van der Waals surface area contributed by atoms with Gasteiger partial charge in [-0.2, -0.15) is 0 Å². The van der Waals surface area contributed by atoms with E-state index in [9.17, 15) is 0 Å². The van der Waals surface area contributed by atoms with E-state index in [1.54, 1.807) is 17.4 Å². The van der Waals surface area contributed by atoms with Crippen LogP contribution < -0.4 is 0 Å². The molecule has 7 aromatic rings. The topological polar surface area (TPSA) is 38.9 Å². The van der Waals surface area contributed by atoms with Crippen molar-refractivity contribution in [2.45, 2.75) is 41.4 Å². The van der Waals surface area contributed by atoms with Crippen molar-refractivity contribution in [1.29, 1.82) is 0 Å². The predicted molar refractivity (Wildman–Crippen MR) is 168 cm³/mol. The molecule has 0 aliphatic rings. The molecular weight excluding hydrogens is 701 g/mol. The maximum absolute atomic E-state index is 7.82. The molecule has 1 radical (unpaired) electrons. The summed E-state index contributed by atoms with van der Waals surface area (Å²) in [5.74, 6) is 0. The minimum Gasteiger partial charge on any atom is -0.501 e. The minimum absolute atomic E-state index is 0. The van der Waals surface area contributed by atoms with Crippen molar-refractivity contribution in [2.24, 2.45) is 0 Å². The van der Waals surface area contributed by atoms with Crippen LogP contribution in [0.15, 0.2) is 77.5 Å². The van der Waals surface area contributed by atoms with Gasteiger partial charge in [0.2, 0.25) is 0 Å². The molecular formula is C36H30IrN2OS-2. The van der Waals surface area contributed by atoms with E-state index < -0.39 is 13.7 Å². The summed E-state index contributed by atoms with van der Waals surface area (Å²) in [6.45, 7) is 3.13. The van der Waals surface area contributed by atoms with E-state index in [2.05, 4.69) is 74.1 Å². The van der Waals surface area contributed by atoms with Crippen LogP contribution in [0.2, 0.25) is 0 Å². The zero-order valence-electron chi connectivity index (χ0n) is 29.0. The third-order valence-corrected chi connectivity index (χ3v) is 8.01. The third-order valence-electron chi connectivity index (χ3n) is 6.99. The van der Waals surface area contributed by atoms with Crippen LogP contribution in [0.3, 0.4) is 0 Å². The van der Waals surface area contributed by atoms with Crippen LogP contribution in [-0.2, 0) is 20.1 Å². The van der Waals surface area contributed by atoms with Crippen LogP contribution in [0.4, 0.5) is 0 Å². The summed E-state index contributed by atoms with van der Waals surface area (Å²) in [6, 6.07) is 25.6. The van der Waals surface area contributed by atoms with E-state index in [0.717, 1.165) is 43.9 Å². The number of aryl methyl sites for hydroxylation is 6. The number of hydrogen-bond donors (Lipinski definition) is 0. The maximum atomic E-state index is 7.82. The third kappa shape index (κ3) is 5.63. The van der Waals surface area contributed by atoms with Crippen molar-refractivity contribution in [1.82, 2.24) is 9.97 Å². The molecule has 0 fully saturated rings. The van der Waals surface area contributed by atoms with Crippen LogP contribution >= 0.6 is 11.3 Å².